The van der Waals surface area contributed by atoms with Gasteiger partial charge in [-0.1, -0.05) is 13.8 Å². The molecule has 1 heterocycles. The predicted molar refractivity (Wildman–Crippen MR) is 84.7 cm³/mol. The molecule has 1 N–H and O–H groups in total. The number of ether oxygens (including phenoxy) is 1. The van der Waals surface area contributed by atoms with Crippen molar-refractivity contribution >= 4 is 23.9 Å². The molecular formula is C14H26N3O2S+. The van der Waals surface area contributed by atoms with Crippen LogP contribution < -0.4 is 13.6 Å². The number of aromatic nitrogens is 1. The number of nitrogens with one attached hydrogen (secondary N) is 1. The highest BCUT2D eigenvalue weighted by Crippen LogP contribution is 2.08. The van der Waals surface area contributed by atoms with E-state index in [4.69, 9.17) is 4.74 Å². The van der Waals surface area contributed by atoms with Crippen LogP contribution in [0.15, 0.2) is 24.5 Å². The summed E-state index contributed by atoms with van der Waals surface area (Å²) in [6.45, 7) is 9.49. The van der Waals surface area contributed by atoms with Gasteiger partial charge in [0.2, 0.25) is 0 Å². The van der Waals surface area contributed by atoms with Crippen molar-refractivity contribution in [3.8, 4) is 0 Å². The molecule has 0 spiro atoms. The summed E-state index contributed by atoms with van der Waals surface area (Å²) in [6.07, 6.45) is 3.30. The molecule has 5 nitrogen and oxygen atoms in total. The molecule has 0 bridgehead atoms. The zero-order valence-corrected chi connectivity index (χ0v) is 14.2. The van der Waals surface area contributed by atoms with Gasteiger partial charge >= 0.3 is 6.09 Å². The molecule has 1 amide bonds. The Kier molecular flexibility index (Phi) is 8.06. The molecule has 0 radical (unpaired) electrons. The number of hydrogen-bond donors (Lipinski definition) is 1. The molecule has 0 saturated heterocycles. The van der Waals surface area contributed by atoms with Gasteiger partial charge in [-0.15, -0.1) is 3.97 Å². The Morgan fingerprint density at radius 3 is 2.15 bits per heavy atom. The molecule has 114 valence electrons. The van der Waals surface area contributed by atoms with Gasteiger partial charge in [-0.2, -0.15) is 0 Å². The van der Waals surface area contributed by atoms with E-state index in [1.54, 1.807) is 3.97 Å². The summed E-state index contributed by atoms with van der Waals surface area (Å²) in [5.41, 5.74) is 0.619. The van der Waals surface area contributed by atoms with Crippen molar-refractivity contribution in [2.24, 2.45) is 0 Å². The van der Waals surface area contributed by atoms with E-state index in [0.717, 1.165) is 17.8 Å². The molecule has 1 aromatic heterocycles. The number of hydrogen-bond acceptors (Lipinski definition) is 4. The maximum atomic E-state index is 11.4. The number of carbonyl (C=O) groups is 1. The Labute approximate surface area is 126 Å². The number of carbonyl (C=O) groups excluding carboxylic acids is 1. The molecule has 0 aliphatic carbocycles. The molecule has 0 aliphatic rings. The largest absolute Gasteiger partial charge is 0.443 e. The third-order valence-corrected chi connectivity index (χ3v) is 2.65. The van der Waals surface area contributed by atoms with Crippen molar-refractivity contribution < 1.29 is 13.5 Å². The molecular weight excluding hydrogens is 274 g/mol. The summed E-state index contributed by atoms with van der Waals surface area (Å²) in [4.78, 5) is 13.4. The molecule has 0 aromatic carbocycles. The van der Waals surface area contributed by atoms with E-state index in [9.17, 15) is 4.79 Å². The second-order valence-corrected chi connectivity index (χ2v) is 5.81. The molecule has 0 unspecified atom stereocenters. The monoisotopic (exact) mass is 300 g/mol. The summed E-state index contributed by atoms with van der Waals surface area (Å²) in [7, 11) is 3.96. The maximum Gasteiger partial charge on any atom is 0.422 e. The van der Waals surface area contributed by atoms with Gasteiger partial charge in [0.15, 0.2) is 12.4 Å². The van der Waals surface area contributed by atoms with Crippen LogP contribution in [0.4, 0.5) is 10.5 Å². The van der Waals surface area contributed by atoms with Crippen molar-refractivity contribution in [1.82, 2.24) is 4.72 Å². The van der Waals surface area contributed by atoms with E-state index in [1.807, 2.05) is 78.1 Å². The van der Waals surface area contributed by atoms with Gasteiger partial charge in [-0.25, -0.2) is 9.52 Å². The zero-order chi connectivity index (χ0) is 15.8. The fraction of sp³-hybridized carbons (Fsp3) is 0.571. The summed E-state index contributed by atoms with van der Waals surface area (Å²) >= 11 is 1.16. The van der Waals surface area contributed by atoms with Gasteiger partial charge in [0, 0.05) is 31.9 Å². The van der Waals surface area contributed by atoms with Gasteiger partial charge in [-0.3, -0.25) is 0 Å². The third-order valence-electron chi connectivity index (χ3n) is 1.93. The summed E-state index contributed by atoms with van der Waals surface area (Å²) in [5, 5.41) is 0. The quantitative estimate of drug-likeness (QED) is 0.688. The van der Waals surface area contributed by atoms with E-state index in [-0.39, 0.29) is 0 Å². The lowest BCUT2D eigenvalue weighted by Crippen LogP contribution is -2.35. The van der Waals surface area contributed by atoms with Gasteiger partial charge in [0.1, 0.15) is 5.60 Å². The molecule has 0 saturated carbocycles. The van der Waals surface area contributed by atoms with Gasteiger partial charge < -0.3 is 9.64 Å². The first-order valence-corrected chi connectivity index (χ1v) is 7.40. The highest BCUT2D eigenvalue weighted by Gasteiger charge is 2.17. The standard InChI is InChI=1S/C12H19N3O2S.C2H6/c1-12(2,3)17-11(16)13-18-15-8-6-10(7-9-15)14(4)5;1-2/h6-9H,1-5H3;1-2H3/p+1. The van der Waals surface area contributed by atoms with Crippen molar-refractivity contribution in [2.75, 3.05) is 19.0 Å². The normalized spacial score (nSPS) is 10.2. The second-order valence-electron chi connectivity index (χ2n) is 5.01. The number of rotatable bonds is 3. The molecule has 20 heavy (non-hydrogen) atoms. The van der Waals surface area contributed by atoms with Crippen molar-refractivity contribution in [2.45, 2.75) is 40.2 Å². The van der Waals surface area contributed by atoms with E-state index in [1.165, 1.54) is 0 Å². The molecule has 0 fully saturated rings. The Balaban J connectivity index is 0.00000172. The Morgan fingerprint density at radius 2 is 1.75 bits per heavy atom. The molecule has 1 aromatic rings. The topological polar surface area (TPSA) is 45.5 Å². The minimum Gasteiger partial charge on any atom is -0.443 e. The van der Waals surface area contributed by atoms with Crippen LogP contribution in [0.1, 0.15) is 34.6 Å². The lowest BCUT2D eigenvalue weighted by molar-refractivity contribution is -0.495. The Hall–Kier alpha value is -1.43. The second kappa shape index (κ2) is 8.68. The van der Waals surface area contributed by atoms with Crippen molar-refractivity contribution in [3.05, 3.63) is 24.5 Å². The summed E-state index contributed by atoms with van der Waals surface area (Å²) < 4.78 is 9.53. The van der Waals surface area contributed by atoms with Crippen LogP contribution >= 0.6 is 12.1 Å². The van der Waals surface area contributed by atoms with Crippen LogP contribution in [0, 0.1) is 0 Å². The van der Waals surface area contributed by atoms with E-state index in [2.05, 4.69) is 4.72 Å². The first-order chi connectivity index (χ1) is 9.28. The first-order valence-electron chi connectivity index (χ1n) is 6.63. The first kappa shape index (κ1) is 18.6. The Bertz CT molecular complexity index is 400. The summed E-state index contributed by atoms with van der Waals surface area (Å²) in [5.74, 6) is 0. The number of nitrogens with zero attached hydrogens (tertiary/aromatic N) is 2. The van der Waals surface area contributed by atoms with E-state index in [0.29, 0.717) is 0 Å². The van der Waals surface area contributed by atoms with Crippen LogP contribution in [0.3, 0.4) is 0 Å². The van der Waals surface area contributed by atoms with Crippen molar-refractivity contribution in [1.29, 1.82) is 0 Å². The van der Waals surface area contributed by atoms with Gasteiger partial charge in [-0.05, 0) is 20.8 Å². The predicted octanol–water partition coefficient (Wildman–Crippen LogP) is 3.00. The highest BCUT2D eigenvalue weighted by molar-refractivity contribution is 7.91. The van der Waals surface area contributed by atoms with Crippen LogP contribution in [0.2, 0.25) is 0 Å². The zero-order valence-electron chi connectivity index (χ0n) is 13.4. The van der Waals surface area contributed by atoms with Crippen molar-refractivity contribution in [3.63, 3.8) is 0 Å². The van der Waals surface area contributed by atoms with E-state index < -0.39 is 11.7 Å². The smallest absolute Gasteiger partial charge is 0.422 e. The van der Waals surface area contributed by atoms with Crippen LogP contribution in [0.5, 0.6) is 0 Å². The lowest BCUT2D eigenvalue weighted by atomic mass is 10.2. The van der Waals surface area contributed by atoms with Gasteiger partial charge in [0.05, 0.1) is 0 Å². The minimum atomic E-state index is -0.482. The van der Waals surface area contributed by atoms with Crippen LogP contribution in [-0.4, -0.2) is 25.8 Å². The molecule has 0 aliphatic heterocycles. The fourth-order valence-corrected chi connectivity index (χ4v) is 1.62. The molecule has 6 heteroatoms. The highest BCUT2D eigenvalue weighted by atomic mass is 32.2. The average Bonchev–Trinajstić information content (AvgIpc) is 2.37. The third kappa shape index (κ3) is 7.89. The Morgan fingerprint density at radius 1 is 1.25 bits per heavy atom. The van der Waals surface area contributed by atoms with Crippen LogP contribution in [0.25, 0.3) is 0 Å². The maximum absolute atomic E-state index is 11.4. The SMILES string of the molecule is CC.CN(C)c1cc[n+](SNC(=O)OC(C)(C)C)cc1. The average molecular weight is 300 g/mol. The number of anilines is 1. The minimum absolute atomic E-state index is 0.448. The van der Waals surface area contributed by atoms with Crippen LogP contribution in [-0.2, 0) is 4.74 Å². The molecule has 1 rings (SSSR count). The lowest BCUT2D eigenvalue weighted by Gasteiger charge is -2.18. The van der Waals surface area contributed by atoms with E-state index >= 15 is 0 Å². The van der Waals surface area contributed by atoms with Gasteiger partial charge in [0.25, 0.3) is 12.1 Å². The molecule has 0 atom stereocenters. The number of pyridine rings is 1. The fourth-order valence-electron chi connectivity index (χ4n) is 1.15. The number of amides is 1. The summed E-state index contributed by atoms with van der Waals surface area (Å²) in [6, 6.07) is 3.92.